The molecule has 1 fully saturated rings. The summed E-state index contributed by atoms with van der Waals surface area (Å²) in [6, 6.07) is 8.45. The van der Waals surface area contributed by atoms with Crippen molar-refractivity contribution in [2.75, 3.05) is 33.3 Å². The summed E-state index contributed by atoms with van der Waals surface area (Å²) in [7, 11) is 2.04. The fourth-order valence-corrected chi connectivity index (χ4v) is 2.60. The number of ether oxygens (including phenoxy) is 1. The van der Waals surface area contributed by atoms with E-state index in [4.69, 9.17) is 4.74 Å². The number of nitrogens with zero attached hydrogens (tertiary/aromatic N) is 1. The number of aldehydes is 1. The molecule has 1 aromatic rings. The van der Waals surface area contributed by atoms with Crippen LogP contribution in [-0.2, 0) is 11.2 Å². The standard InChI is InChI=1S/C16H24N2O2/c1-17-15-5-8-18(9-6-15)10-12-20-16-4-2-3-14(13-16)7-11-19/h2-4,11,13,15,17H,5-10,12H2,1H3. The van der Waals surface area contributed by atoms with Crippen molar-refractivity contribution in [1.82, 2.24) is 10.2 Å². The van der Waals surface area contributed by atoms with Gasteiger partial charge in [0.2, 0.25) is 0 Å². The average molecular weight is 276 g/mol. The molecular weight excluding hydrogens is 252 g/mol. The van der Waals surface area contributed by atoms with Gasteiger partial charge in [-0.15, -0.1) is 0 Å². The number of likely N-dealkylation sites (tertiary alicyclic amines) is 1. The lowest BCUT2D eigenvalue weighted by atomic mass is 10.1. The first-order valence-corrected chi connectivity index (χ1v) is 7.37. The Balaban J connectivity index is 1.70. The fraction of sp³-hybridized carbons (Fsp3) is 0.562. The van der Waals surface area contributed by atoms with E-state index in [2.05, 4.69) is 10.2 Å². The van der Waals surface area contributed by atoms with Crippen LogP contribution in [0, 0.1) is 0 Å². The highest BCUT2D eigenvalue weighted by Gasteiger charge is 2.17. The Kier molecular flexibility index (Phi) is 6.02. The zero-order valence-corrected chi connectivity index (χ0v) is 12.2. The molecule has 0 unspecified atom stereocenters. The van der Waals surface area contributed by atoms with E-state index in [1.54, 1.807) is 0 Å². The third-order valence-corrected chi connectivity index (χ3v) is 3.89. The predicted molar refractivity (Wildman–Crippen MR) is 80.2 cm³/mol. The molecule has 1 aliphatic rings. The molecule has 1 aliphatic heterocycles. The third kappa shape index (κ3) is 4.62. The zero-order valence-electron chi connectivity index (χ0n) is 12.2. The molecule has 0 saturated carbocycles. The Morgan fingerprint density at radius 3 is 2.90 bits per heavy atom. The largest absolute Gasteiger partial charge is 0.492 e. The van der Waals surface area contributed by atoms with Gasteiger partial charge in [0.15, 0.2) is 0 Å². The van der Waals surface area contributed by atoms with Crippen molar-refractivity contribution in [2.24, 2.45) is 0 Å². The van der Waals surface area contributed by atoms with Gasteiger partial charge in [-0.1, -0.05) is 12.1 Å². The summed E-state index contributed by atoms with van der Waals surface area (Å²) in [5, 5.41) is 3.34. The Labute approximate surface area is 121 Å². The first-order valence-electron chi connectivity index (χ1n) is 7.37. The van der Waals surface area contributed by atoms with Crippen LogP contribution in [0.4, 0.5) is 0 Å². The Hall–Kier alpha value is -1.39. The molecule has 1 aromatic carbocycles. The van der Waals surface area contributed by atoms with Crippen LogP contribution in [0.5, 0.6) is 5.75 Å². The maximum absolute atomic E-state index is 10.5. The fourth-order valence-electron chi connectivity index (χ4n) is 2.60. The molecule has 0 aliphatic carbocycles. The molecule has 1 N–H and O–H groups in total. The summed E-state index contributed by atoms with van der Waals surface area (Å²) < 4.78 is 5.78. The van der Waals surface area contributed by atoms with Crippen LogP contribution < -0.4 is 10.1 Å². The van der Waals surface area contributed by atoms with Crippen molar-refractivity contribution in [3.05, 3.63) is 29.8 Å². The van der Waals surface area contributed by atoms with Crippen LogP contribution in [0.15, 0.2) is 24.3 Å². The highest BCUT2D eigenvalue weighted by atomic mass is 16.5. The Morgan fingerprint density at radius 2 is 2.20 bits per heavy atom. The number of hydrogen-bond acceptors (Lipinski definition) is 4. The lowest BCUT2D eigenvalue weighted by Gasteiger charge is -2.31. The van der Waals surface area contributed by atoms with Crippen molar-refractivity contribution in [2.45, 2.75) is 25.3 Å². The molecule has 0 aromatic heterocycles. The van der Waals surface area contributed by atoms with Crippen LogP contribution in [0.3, 0.4) is 0 Å². The van der Waals surface area contributed by atoms with Crippen molar-refractivity contribution in [3.8, 4) is 5.75 Å². The molecule has 0 radical (unpaired) electrons. The van der Waals surface area contributed by atoms with E-state index in [1.165, 1.54) is 12.8 Å². The molecule has 4 nitrogen and oxygen atoms in total. The molecule has 4 heteroatoms. The average Bonchev–Trinajstić information content (AvgIpc) is 2.49. The Morgan fingerprint density at radius 1 is 1.40 bits per heavy atom. The van der Waals surface area contributed by atoms with E-state index >= 15 is 0 Å². The molecule has 1 saturated heterocycles. The van der Waals surface area contributed by atoms with Crippen LogP contribution in [-0.4, -0.2) is 50.5 Å². The van der Waals surface area contributed by atoms with Gasteiger partial charge in [-0.3, -0.25) is 4.90 Å². The second kappa shape index (κ2) is 8.02. The smallest absolute Gasteiger partial charge is 0.124 e. The number of carbonyl (C=O) groups is 1. The Bertz CT molecular complexity index is 415. The molecule has 1 heterocycles. The monoisotopic (exact) mass is 276 g/mol. The van der Waals surface area contributed by atoms with Gasteiger partial charge in [-0.05, 0) is 50.7 Å². The van der Waals surface area contributed by atoms with Crippen LogP contribution in [0.2, 0.25) is 0 Å². The SMILES string of the molecule is CNC1CCN(CCOc2cccc(CC=O)c2)CC1. The lowest BCUT2D eigenvalue weighted by molar-refractivity contribution is -0.107. The van der Waals surface area contributed by atoms with E-state index in [9.17, 15) is 4.79 Å². The summed E-state index contributed by atoms with van der Waals surface area (Å²) in [6.45, 7) is 3.95. The number of hydrogen-bond donors (Lipinski definition) is 1. The number of nitrogens with one attached hydrogen (secondary N) is 1. The first-order chi connectivity index (χ1) is 9.81. The molecule has 0 atom stereocenters. The third-order valence-electron chi connectivity index (χ3n) is 3.89. The van der Waals surface area contributed by atoms with Gasteiger partial charge in [0, 0.05) is 19.0 Å². The molecule has 20 heavy (non-hydrogen) atoms. The minimum absolute atomic E-state index is 0.453. The van der Waals surface area contributed by atoms with Gasteiger partial charge in [0.1, 0.15) is 18.6 Å². The summed E-state index contributed by atoms with van der Waals surface area (Å²) in [5.41, 5.74) is 1.01. The number of benzene rings is 1. The summed E-state index contributed by atoms with van der Waals surface area (Å²) >= 11 is 0. The molecule has 110 valence electrons. The maximum atomic E-state index is 10.5. The zero-order chi connectivity index (χ0) is 14.2. The molecule has 0 bridgehead atoms. The van der Waals surface area contributed by atoms with Gasteiger partial charge >= 0.3 is 0 Å². The van der Waals surface area contributed by atoms with Crippen LogP contribution in [0.25, 0.3) is 0 Å². The van der Waals surface area contributed by atoms with Gasteiger partial charge in [0.25, 0.3) is 0 Å². The molecular formula is C16H24N2O2. The number of carbonyl (C=O) groups excluding carboxylic acids is 1. The van der Waals surface area contributed by atoms with Crippen molar-refractivity contribution in [3.63, 3.8) is 0 Å². The van der Waals surface area contributed by atoms with E-state index in [1.807, 2.05) is 31.3 Å². The minimum Gasteiger partial charge on any atom is -0.492 e. The van der Waals surface area contributed by atoms with Crippen molar-refractivity contribution < 1.29 is 9.53 Å². The molecule has 0 amide bonds. The van der Waals surface area contributed by atoms with E-state index < -0.39 is 0 Å². The quantitative estimate of drug-likeness (QED) is 0.766. The van der Waals surface area contributed by atoms with Gasteiger partial charge in [-0.25, -0.2) is 0 Å². The normalized spacial score (nSPS) is 17.1. The summed E-state index contributed by atoms with van der Waals surface area (Å²) in [5.74, 6) is 0.856. The maximum Gasteiger partial charge on any atom is 0.124 e. The van der Waals surface area contributed by atoms with Crippen molar-refractivity contribution in [1.29, 1.82) is 0 Å². The van der Waals surface area contributed by atoms with Gasteiger partial charge in [-0.2, -0.15) is 0 Å². The highest BCUT2D eigenvalue weighted by Crippen LogP contribution is 2.14. The highest BCUT2D eigenvalue weighted by molar-refractivity contribution is 5.55. The predicted octanol–water partition coefficient (Wildman–Crippen LogP) is 1.49. The van der Waals surface area contributed by atoms with Crippen LogP contribution >= 0.6 is 0 Å². The molecule has 0 spiro atoms. The molecule has 2 rings (SSSR count). The number of piperidine rings is 1. The van der Waals surface area contributed by atoms with E-state index in [0.29, 0.717) is 19.1 Å². The van der Waals surface area contributed by atoms with Crippen LogP contribution in [0.1, 0.15) is 18.4 Å². The van der Waals surface area contributed by atoms with Gasteiger partial charge in [0.05, 0.1) is 0 Å². The van der Waals surface area contributed by atoms with Gasteiger partial charge < -0.3 is 14.8 Å². The second-order valence-electron chi connectivity index (χ2n) is 5.27. The summed E-state index contributed by atoms with van der Waals surface area (Å²) in [4.78, 5) is 13.0. The topological polar surface area (TPSA) is 41.6 Å². The minimum atomic E-state index is 0.453. The van der Waals surface area contributed by atoms with Crippen molar-refractivity contribution >= 4 is 6.29 Å². The first kappa shape index (κ1) is 15.0. The second-order valence-corrected chi connectivity index (χ2v) is 5.27. The van der Waals surface area contributed by atoms with E-state index in [0.717, 1.165) is 37.2 Å². The number of rotatable bonds is 7. The van der Waals surface area contributed by atoms with E-state index in [-0.39, 0.29) is 0 Å². The summed E-state index contributed by atoms with van der Waals surface area (Å²) in [6.07, 6.45) is 3.80. The lowest BCUT2D eigenvalue weighted by Crippen LogP contribution is -2.42.